The Bertz CT molecular complexity index is 264. The van der Waals surface area contributed by atoms with Crippen molar-refractivity contribution < 1.29 is 4.74 Å². The molecule has 0 bridgehead atoms. The highest BCUT2D eigenvalue weighted by Gasteiger charge is 2.41. The fraction of sp³-hybridized carbons (Fsp3) is 1.00. The van der Waals surface area contributed by atoms with Gasteiger partial charge in [-0.25, -0.2) is 0 Å². The minimum Gasteiger partial charge on any atom is -0.384 e. The number of hydrogen-bond donors (Lipinski definition) is 1. The van der Waals surface area contributed by atoms with Gasteiger partial charge in [-0.3, -0.25) is 4.90 Å². The third-order valence-electron chi connectivity index (χ3n) is 5.07. The van der Waals surface area contributed by atoms with E-state index in [2.05, 4.69) is 16.7 Å². The topological polar surface area (TPSA) is 41.7 Å². The van der Waals surface area contributed by atoms with Gasteiger partial charge < -0.3 is 15.4 Å². The molecule has 0 amide bonds. The monoisotopic (exact) mass is 269 g/mol. The SMILES string of the molecule is CCCN1CCC(CN)(N2CCC(COC)C2)CC1. The van der Waals surface area contributed by atoms with Gasteiger partial charge in [0.15, 0.2) is 0 Å². The molecule has 1 atom stereocenters. The van der Waals surface area contributed by atoms with Gasteiger partial charge in [0.05, 0.1) is 6.61 Å². The van der Waals surface area contributed by atoms with Crippen LogP contribution in [0.5, 0.6) is 0 Å². The summed E-state index contributed by atoms with van der Waals surface area (Å²) in [5.74, 6) is 0.710. The molecule has 0 spiro atoms. The lowest BCUT2D eigenvalue weighted by molar-refractivity contribution is 0.0375. The van der Waals surface area contributed by atoms with Gasteiger partial charge in [-0.15, -0.1) is 0 Å². The average Bonchev–Trinajstić information content (AvgIpc) is 2.90. The summed E-state index contributed by atoms with van der Waals surface area (Å²) in [4.78, 5) is 5.26. The molecule has 0 aromatic heterocycles. The summed E-state index contributed by atoms with van der Waals surface area (Å²) in [5.41, 5.74) is 6.44. The molecule has 2 N–H and O–H groups in total. The van der Waals surface area contributed by atoms with Crippen LogP contribution in [0.4, 0.5) is 0 Å². The second kappa shape index (κ2) is 7.02. The number of rotatable bonds is 6. The third-order valence-corrected chi connectivity index (χ3v) is 5.07. The lowest BCUT2D eigenvalue weighted by Crippen LogP contribution is -2.58. The number of likely N-dealkylation sites (tertiary alicyclic amines) is 2. The molecule has 0 aromatic carbocycles. The van der Waals surface area contributed by atoms with Gasteiger partial charge in [-0.2, -0.15) is 0 Å². The van der Waals surface area contributed by atoms with Crippen LogP contribution in [0.15, 0.2) is 0 Å². The summed E-state index contributed by atoms with van der Waals surface area (Å²) in [6.07, 6.45) is 5.01. The Morgan fingerprint density at radius 2 is 2.00 bits per heavy atom. The van der Waals surface area contributed by atoms with Crippen LogP contribution in [0.3, 0.4) is 0 Å². The van der Waals surface area contributed by atoms with Crippen LogP contribution in [0.1, 0.15) is 32.6 Å². The molecule has 1 unspecified atom stereocenters. The molecular weight excluding hydrogens is 238 g/mol. The maximum atomic E-state index is 6.17. The largest absolute Gasteiger partial charge is 0.384 e. The van der Waals surface area contributed by atoms with Crippen molar-refractivity contribution in [3.05, 3.63) is 0 Å². The molecule has 0 saturated carbocycles. The number of piperidine rings is 1. The average molecular weight is 269 g/mol. The van der Waals surface area contributed by atoms with Gasteiger partial charge in [-0.05, 0) is 57.8 Å². The van der Waals surface area contributed by atoms with Crippen molar-refractivity contribution in [3.8, 4) is 0 Å². The molecule has 2 saturated heterocycles. The molecule has 4 nitrogen and oxygen atoms in total. The van der Waals surface area contributed by atoms with E-state index in [-0.39, 0.29) is 5.54 Å². The van der Waals surface area contributed by atoms with E-state index in [9.17, 15) is 0 Å². The highest BCUT2D eigenvalue weighted by Crippen LogP contribution is 2.33. The van der Waals surface area contributed by atoms with Crippen molar-refractivity contribution in [3.63, 3.8) is 0 Å². The molecule has 0 radical (unpaired) electrons. The van der Waals surface area contributed by atoms with Crippen molar-refractivity contribution in [2.24, 2.45) is 11.7 Å². The number of nitrogens with two attached hydrogens (primary N) is 1. The second-order valence-electron chi connectivity index (χ2n) is 6.33. The number of methoxy groups -OCH3 is 1. The molecule has 19 heavy (non-hydrogen) atoms. The van der Waals surface area contributed by atoms with Gasteiger partial charge in [0.2, 0.25) is 0 Å². The molecule has 2 aliphatic rings. The zero-order valence-electron chi connectivity index (χ0n) is 12.7. The number of nitrogens with zero attached hydrogens (tertiary/aromatic N) is 2. The molecule has 0 aromatic rings. The predicted octanol–water partition coefficient (Wildman–Crippen LogP) is 1.16. The van der Waals surface area contributed by atoms with E-state index in [1.54, 1.807) is 0 Å². The van der Waals surface area contributed by atoms with Gasteiger partial charge in [0.25, 0.3) is 0 Å². The smallest absolute Gasteiger partial charge is 0.0503 e. The number of ether oxygens (including phenoxy) is 1. The van der Waals surface area contributed by atoms with Crippen LogP contribution in [-0.4, -0.2) is 68.3 Å². The lowest BCUT2D eigenvalue weighted by Gasteiger charge is -2.47. The van der Waals surface area contributed by atoms with Crippen LogP contribution < -0.4 is 5.73 Å². The first-order chi connectivity index (χ1) is 9.24. The zero-order chi connectivity index (χ0) is 13.7. The van der Waals surface area contributed by atoms with Crippen molar-refractivity contribution >= 4 is 0 Å². The molecule has 2 heterocycles. The van der Waals surface area contributed by atoms with E-state index < -0.39 is 0 Å². The molecular formula is C15H31N3O. The van der Waals surface area contributed by atoms with Crippen LogP contribution >= 0.6 is 0 Å². The minimum absolute atomic E-state index is 0.271. The van der Waals surface area contributed by atoms with E-state index >= 15 is 0 Å². The second-order valence-corrected chi connectivity index (χ2v) is 6.33. The van der Waals surface area contributed by atoms with E-state index in [1.807, 2.05) is 7.11 Å². The first-order valence-corrected chi connectivity index (χ1v) is 7.90. The Morgan fingerprint density at radius 1 is 1.26 bits per heavy atom. The maximum Gasteiger partial charge on any atom is 0.0503 e. The zero-order valence-corrected chi connectivity index (χ0v) is 12.7. The van der Waals surface area contributed by atoms with Gasteiger partial charge >= 0.3 is 0 Å². The molecule has 0 aliphatic carbocycles. The predicted molar refractivity (Wildman–Crippen MR) is 79.3 cm³/mol. The van der Waals surface area contributed by atoms with Crippen molar-refractivity contribution in [2.45, 2.75) is 38.1 Å². The Morgan fingerprint density at radius 3 is 2.58 bits per heavy atom. The first-order valence-electron chi connectivity index (χ1n) is 7.90. The summed E-state index contributed by atoms with van der Waals surface area (Å²) in [5, 5.41) is 0. The summed E-state index contributed by atoms with van der Waals surface area (Å²) in [6, 6.07) is 0. The Kier molecular flexibility index (Phi) is 5.63. The van der Waals surface area contributed by atoms with Crippen molar-refractivity contribution in [1.29, 1.82) is 0 Å². The Balaban J connectivity index is 1.89. The van der Waals surface area contributed by atoms with E-state index in [4.69, 9.17) is 10.5 Å². The van der Waals surface area contributed by atoms with Gasteiger partial charge in [-0.1, -0.05) is 6.92 Å². The minimum atomic E-state index is 0.271. The molecule has 2 rings (SSSR count). The first kappa shape index (κ1) is 15.2. The third kappa shape index (κ3) is 3.48. The molecule has 4 heteroatoms. The summed E-state index contributed by atoms with van der Waals surface area (Å²) in [6.45, 7) is 10.0. The highest BCUT2D eigenvalue weighted by atomic mass is 16.5. The number of hydrogen-bond acceptors (Lipinski definition) is 4. The molecule has 2 fully saturated rings. The van der Waals surface area contributed by atoms with Gasteiger partial charge in [0.1, 0.15) is 0 Å². The quantitative estimate of drug-likeness (QED) is 0.786. The van der Waals surface area contributed by atoms with E-state index in [0.717, 1.165) is 13.2 Å². The standard InChI is InChI=1S/C15H31N3O/c1-3-7-17-9-5-15(13-16,6-10-17)18-8-4-14(11-18)12-19-2/h14H,3-13,16H2,1-2H3. The lowest BCUT2D eigenvalue weighted by atomic mass is 9.85. The van der Waals surface area contributed by atoms with E-state index in [1.165, 1.54) is 58.4 Å². The normalized spacial score (nSPS) is 28.9. The van der Waals surface area contributed by atoms with Crippen LogP contribution in [0, 0.1) is 5.92 Å². The molecule has 112 valence electrons. The Labute approximate surface area is 118 Å². The van der Waals surface area contributed by atoms with E-state index in [0.29, 0.717) is 5.92 Å². The summed E-state index contributed by atoms with van der Waals surface area (Å²) < 4.78 is 5.31. The van der Waals surface area contributed by atoms with Crippen LogP contribution in [-0.2, 0) is 4.74 Å². The molecule has 2 aliphatic heterocycles. The van der Waals surface area contributed by atoms with Crippen LogP contribution in [0.2, 0.25) is 0 Å². The fourth-order valence-electron chi connectivity index (χ4n) is 3.79. The summed E-state index contributed by atoms with van der Waals surface area (Å²) in [7, 11) is 1.81. The van der Waals surface area contributed by atoms with Crippen LogP contribution in [0.25, 0.3) is 0 Å². The highest BCUT2D eigenvalue weighted by molar-refractivity contribution is 4.99. The Hall–Kier alpha value is -0.160. The maximum absolute atomic E-state index is 6.17. The van der Waals surface area contributed by atoms with Crippen molar-refractivity contribution in [2.75, 3.05) is 53.0 Å². The fourth-order valence-corrected chi connectivity index (χ4v) is 3.79. The summed E-state index contributed by atoms with van der Waals surface area (Å²) >= 11 is 0. The van der Waals surface area contributed by atoms with Gasteiger partial charge in [0, 0.05) is 25.7 Å². The van der Waals surface area contributed by atoms with Crippen molar-refractivity contribution in [1.82, 2.24) is 9.80 Å².